The van der Waals surface area contributed by atoms with E-state index >= 15 is 0 Å². The molecule has 0 unspecified atom stereocenters. The molecule has 28 heavy (non-hydrogen) atoms. The summed E-state index contributed by atoms with van der Waals surface area (Å²) in [6.07, 6.45) is 1.67. The zero-order chi connectivity index (χ0) is 20.7. The van der Waals surface area contributed by atoms with E-state index in [1.165, 1.54) is 0 Å². The molecule has 0 bridgehead atoms. The third kappa shape index (κ3) is 5.52. The molecule has 2 rings (SSSR count). The van der Waals surface area contributed by atoms with E-state index in [-0.39, 0.29) is 0 Å². The van der Waals surface area contributed by atoms with Crippen molar-refractivity contribution in [1.29, 1.82) is 0 Å². The van der Waals surface area contributed by atoms with Gasteiger partial charge in [-0.25, -0.2) is 0 Å². The average Bonchev–Trinajstić information content (AvgIpc) is 3.30. The quantitative estimate of drug-likeness (QED) is 0.251. The molecule has 0 radical (unpaired) electrons. The number of thiol groups is 2. The molecule has 2 heterocycles. The molecule has 0 aliphatic rings. The topological polar surface area (TPSA) is 91.6 Å². The summed E-state index contributed by atoms with van der Waals surface area (Å²) in [6, 6.07) is 5.88. The summed E-state index contributed by atoms with van der Waals surface area (Å²) in [5.41, 5.74) is 4.20. The van der Waals surface area contributed by atoms with Crippen LogP contribution in [0.15, 0.2) is 49.3 Å². The standard InChI is InChI=1S/C18H25N7OS2/c1-11-9-15(13(3)25(11)10-14-7-6-8-26-14)16(22-24-18(28)20-5)12(2)21-23-17(27)19-4/h6-9H,10H2,1-5H3,(H2,19,23,27)(H2,20,24,28)/b21-12+,22-16-. The molecule has 8 nitrogen and oxygen atoms in total. The minimum Gasteiger partial charge on any atom is -0.467 e. The second kappa shape index (κ2) is 10.2. The lowest BCUT2D eigenvalue weighted by atomic mass is 10.1. The van der Waals surface area contributed by atoms with Gasteiger partial charge >= 0.3 is 0 Å². The largest absolute Gasteiger partial charge is 0.467 e. The summed E-state index contributed by atoms with van der Waals surface area (Å²) in [6.45, 7) is 6.52. The van der Waals surface area contributed by atoms with Crippen LogP contribution in [-0.2, 0) is 6.54 Å². The Morgan fingerprint density at radius 1 is 1.07 bits per heavy atom. The first kappa shape index (κ1) is 21.8. The Labute approximate surface area is 175 Å². The lowest BCUT2D eigenvalue weighted by Gasteiger charge is -2.09. The van der Waals surface area contributed by atoms with Crippen molar-refractivity contribution in [2.24, 2.45) is 20.4 Å². The van der Waals surface area contributed by atoms with Crippen molar-refractivity contribution in [2.75, 3.05) is 14.1 Å². The van der Waals surface area contributed by atoms with Crippen LogP contribution in [0.5, 0.6) is 0 Å². The van der Waals surface area contributed by atoms with Gasteiger partial charge in [-0.3, -0.25) is 0 Å². The van der Waals surface area contributed by atoms with Gasteiger partial charge in [0.05, 0.1) is 18.5 Å². The van der Waals surface area contributed by atoms with Gasteiger partial charge in [0.2, 0.25) is 0 Å². The Balaban J connectivity index is 2.52. The van der Waals surface area contributed by atoms with Crippen molar-refractivity contribution in [3.63, 3.8) is 0 Å². The number of nitrogens with one attached hydrogen (secondary N) is 2. The third-order valence-corrected chi connectivity index (χ3v) is 4.68. The highest BCUT2D eigenvalue weighted by molar-refractivity contribution is 7.97. The van der Waals surface area contributed by atoms with Gasteiger partial charge in [-0.15, -0.1) is 40.6 Å². The minimum absolute atomic E-state index is 0.392. The van der Waals surface area contributed by atoms with Crippen LogP contribution in [0.3, 0.4) is 0 Å². The van der Waals surface area contributed by atoms with E-state index in [1.54, 1.807) is 20.4 Å². The second-order valence-electron chi connectivity index (χ2n) is 5.93. The van der Waals surface area contributed by atoms with Gasteiger partial charge < -0.3 is 19.6 Å². The van der Waals surface area contributed by atoms with Gasteiger partial charge in [0.15, 0.2) is 10.3 Å². The SMILES string of the molecule is CN/C(S)=N/N=C(C)/C(=N/N=C(\S)NC)c1cc(C)n(Cc2ccco2)c1C. The monoisotopic (exact) mass is 419 g/mol. The maximum absolute atomic E-state index is 5.49. The van der Waals surface area contributed by atoms with Crippen LogP contribution < -0.4 is 10.6 Å². The van der Waals surface area contributed by atoms with Gasteiger partial charge in [-0.1, -0.05) is 0 Å². The smallest absolute Gasteiger partial charge is 0.179 e. The van der Waals surface area contributed by atoms with Gasteiger partial charge in [-0.2, -0.15) is 5.10 Å². The molecule has 0 saturated heterocycles. The van der Waals surface area contributed by atoms with Crippen LogP contribution >= 0.6 is 25.3 Å². The lowest BCUT2D eigenvalue weighted by Crippen LogP contribution is -2.16. The molecule has 10 heteroatoms. The van der Waals surface area contributed by atoms with E-state index in [0.717, 1.165) is 22.7 Å². The fourth-order valence-electron chi connectivity index (χ4n) is 2.53. The van der Waals surface area contributed by atoms with E-state index in [0.29, 0.717) is 28.3 Å². The maximum atomic E-state index is 5.49. The zero-order valence-electron chi connectivity index (χ0n) is 16.6. The number of hydrogen-bond donors (Lipinski definition) is 4. The molecule has 2 N–H and O–H groups in total. The summed E-state index contributed by atoms with van der Waals surface area (Å²) >= 11 is 8.40. The summed E-state index contributed by atoms with van der Waals surface area (Å²) in [5.74, 6) is 0.876. The Hall–Kier alpha value is -2.46. The van der Waals surface area contributed by atoms with E-state index in [2.05, 4.69) is 60.9 Å². The van der Waals surface area contributed by atoms with Crippen molar-refractivity contribution in [2.45, 2.75) is 27.3 Å². The maximum Gasteiger partial charge on any atom is 0.179 e. The molecule has 2 aromatic heterocycles. The van der Waals surface area contributed by atoms with E-state index in [4.69, 9.17) is 4.42 Å². The van der Waals surface area contributed by atoms with Crippen LogP contribution in [0.1, 0.15) is 29.6 Å². The summed E-state index contributed by atoms with van der Waals surface area (Å²) in [4.78, 5) is 0. The molecule has 150 valence electrons. The van der Waals surface area contributed by atoms with Crippen LogP contribution in [0.2, 0.25) is 0 Å². The highest BCUT2D eigenvalue weighted by Gasteiger charge is 2.18. The highest BCUT2D eigenvalue weighted by atomic mass is 32.1. The Morgan fingerprint density at radius 2 is 1.71 bits per heavy atom. The summed E-state index contributed by atoms with van der Waals surface area (Å²) in [5, 5.41) is 23.2. The number of rotatable bonds is 6. The molecular formula is C18H25N7OS2. The molecule has 0 fully saturated rings. The number of aromatic nitrogens is 1. The molecule has 0 saturated carbocycles. The van der Waals surface area contributed by atoms with Crippen LogP contribution in [0.25, 0.3) is 0 Å². The first-order valence-corrected chi connectivity index (χ1v) is 9.48. The lowest BCUT2D eigenvalue weighted by molar-refractivity contribution is 0.489. The van der Waals surface area contributed by atoms with Crippen molar-refractivity contribution in [3.8, 4) is 0 Å². The van der Waals surface area contributed by atoms with Crippen molar-refractivity contribution < 1.29 is 4.42 Å². The van der Waals surface area contributed by atoms with Gasteiger partial charge in [0.1, 0.15) is 11.5 Å². The summed E-state index contributed by atoms with van der Waals surface area (Å²) < 4.78 is 7.64. The van der Waals surface area contributed by atoms with Gasteiger partial charge in [0, 0.05) is 31.0 Å². The van der Waals surface area contributed by atoms with E-state index in [9.17, 15) is 0 Å². The van der Waals surface area contributed by atoms with E-state index in [1.807, 2.05) is 39.0 Å². The Morgan fingerprint density at radius 3 is 2.29 bits per heavy atom. The first-order valence-electron chi connectivity index (χ1n) is 8.58. The number of aryl methyl sites for hydroxylation is 1. The fraction of sp³-hybridized carbons (Fsp3) is 0.333. The number of amidine groups is 2. The molecule has 0 aromatic carbocycles. The third-order valence-electron chi connectivity index (χ3n) is 4.05. The number of furan rings is 1. The fourth-order valence-corrected chi connectivity index (χ4v) is 2.62. The molecule has 0 spiro atoms. The number of hydrogen-bond acceptors (Lipinski definition) is 5. The molecular weight excluding hydrogens is 394 g/mol. The predicted molar refractivity (Wildman–Crippen MR) is 122 cm³/mol. The molecule has 2 aromatic rings. The van der Waals surface area contributed by atoms with Crippen LogP contribution in [0.4, 0.5) is 0 Å². The van der Waals surface area contributed by atoms with Crippen molar-refractivity contribution in [1.82, 2.24) is 15.2 Å². The first-order chi connectivity index (χ1) is 13.4. The van der Waals surface area contributed by atoms with E-state index < -0.39 is 0 Å². The molecule has 0 aliphatic heterocycles. The number of nitrogens with zero attached hydrogens (tertiary/aromatic N) is 5. The summed E-state index contributed by atoms with van der Waals surface area (Å²) in [7, 11) is 3.44. The van der Waals surface area contributed by atoms with Crippen molar-refractivity contribution >= 4 is 47.0 Å². The molecule has 0 atom stereocenters. The predicted octanol–water partition coefficient (Wildman–Crippen LogP) is 2.84. The highest BCUT2D eigenvalue weighted by Crippen LogP contribution is 2.19. The molecule has 0 aliphatic carbocycles. The average molecular weight is 420 g/mol. The van der Waals surface area contributed by atoms with Gasteiger partial charge in [0.25, 0.3) is 0 Å². The normalized spacial score (nSPS) is 13.8. The van der Waals surface area contributed by atoms with Crippen molar-refractivity contribution in [3.05, 3.63) is 47.2 Å². The second-order valence-corrected chi connectivity index (χ2v) is 6.78. The Kier molecular flexibility index (Phi) is 7.94. The zero-order valence-corrected chi connectivity index (χ0v) is 18.3. The minimum atomic E-state index is 0.392. The van der Waals surface area contributed by atoms with Gasteiger partial charge in [-0.05, 0) is 39.0 Å². The Bertz CT molecular complexity index is 924. The van der Waals surface area contributed by atoms with Crippen LogP contribution in [0, 0.1) is 13.8 Å². The van der Waals surface area contributed by atoms with Crippen LogP contribution in [-0.4, -0.2) is 40.4 Å². The molecule has 0 amide bonds.